The molecule has 0 unspecified atom stereocenters. The molecule has 0 saturated carbocycles. The maximum atomic E-state index is 12.3. The van der Waals surface area contributed by atoms with Crippen molar-refractivity contribution in [3.8, 4) is 0 Å². The fraction of sp³-hybridized carbons (Fsp3) is 0.267. The molecule has 110 valence electrons. The Bertz CT molecular complexity index is 707. The second kappa shape index (κ2) is 6.13. The number of aryl methyl sites for hydroxylation is 1. The number of aromatic nitrogens is 1. The summed E-state index contributed by atoms with van der Waals surface area (Å²) >= 11 is 1.20. The summed E-state index contributed by atoms with van der Waals surface area (Å²) in [6.07, 6.45) is 0. The number of carbonyl (C=O) groups excluding carboxylic acids is 1. The number of nitro groups is 1. The average molecular weight is 304 g/mol. The highest BCUT2D eigenvalue weighted by Gasteiger charge is 2.17. The number of para-hydroxylation sites is 1. The molecule has 1 heterocycles. The largest absolute Gasteiger partial charge is 0.351 e. The highest BCUT2D eigenvalue weighted by atomic mass is 32.2. The third kappa shape index (κ3) is 3.16. The first-order valence-corrected chi connectivity index (χ1v) is 7.42. The monoisotopic (exact) mass is 304 g/mol. The van der Waals surface area contributed by atoms with E-state index in [0.29, 0.717) is 10.5 Å². The first-order valence-electron chi connectivity index (χ1n) is 6.44. The molecule has 0 saturated heterocycles. The molecule has 0 N–H and O–H groups in total. The van der Waals surface area contributed by atoms with Gasteiger partial charge in [0.2, 0.25) is 0 Å². The van der Waals surface area contributed by atoms with E-state index >= 15 is 0 Å². The molecule has 21 heavy (non-hydrogen) atoms. The molecule has 0 bridgehead atoms. The Hall–Kier alpha value is -2.08. The van der Waals surface area contributed by atoms with Gasteiger partial charge in [0.15, 0.2) is 5.78 Å². The van der Waals surface area contributed by atoms with Crippen molar-refractivity contribution in [1.82, 2.24) is 4.57 Å². The predicted molar refractivity (Wildman–Crippen MR) is 83.0 cm³/mol. The summed E-state index contributed by atoms with van der Waals surface area (Å²) < 4.78 is 1.96. The van der Waals surface area contributed by atoms with Crippen molar-refractivity contribution in [1.29, 1.82) is 0 Å². The van der Waals surface area contributed by atoms with E-state index in [0.717, 1.165) is 11.4 Å². The zero-order valence-corrected chi connectivity index (χ0v) is 12.9. The quantitative estimate of drug-likeness (QED) is 0.367. The van der Waals surface area contributed by atoms with Crippen molar-refractivity contribution in [2.24, 2.45) is 7.05 Å². The third-order valence-corrected chi connectivity index (χ3v) is 4.56. The fourth-order valence-electron chi connectivity index (χ4n) is 2.09. The molecule has 0 aliphatic rings. The number of benzene rings is 1. The molecule has 1 aromatic heterocycles. The van der Waals surface area contributed by atoms with Gasteiger partial charge in [-0.1, -0.05) is 12.1 Å². The molecule has 0 radical (unpaired) electrons. The molecule has 0 spiro atoms. The molecule has 0 fully saturated rings. The summed E-state index contributed by atoms with van der Waals surface area (Å²) in [7, 11) is 1.91. The Kier molecular flexibility index (Phi) is 4.47. The molecule has 6 heteroatoms. The van der Waals surface area contributed by atoms with Gasteiger partial charge in [-0.15, -0.1) is 11.8 Å². The van der Waals surface area contributed by atoms with Crippen LogP contribution in [0.5, 0.6) is 0 Å². The minimum Gasteiger partial charge on any atom is -0.351 e. The Labute approximate surface area is 127 Å². The molecule has 0 aliphatic heterocycles. The van der Waals surface area contributed by atoms with Gasteiger partial charge in [-0.3, -0.25) is 14.9 Å². The number of Topliss-reactive ketones (excluding diaryl/α,β-unsaturated/α-hetero) is 1. The summed E-state index contributed by atoms with van der Waals surface area (Å²) in [5.41, 5.74) is 2.66. The molecule has 0 amide bonds. The standard InChI is InChI=1S/C15H16N2O3S/c1-10-8-12(11(2)16(10)3)14(18)9-21-15-7-5-4-6-13(15)17(19)20/h4-8H,9H2,1-3H3. The van der Waals surface area contributed by atoms with Crippen LogP contribution in [0.1, 0.15) is 21.7 Å². The molecule has 0 aliphatic carbocycles. The first-order chi connectivity index (χ1) is 9.91. The van der Waals surface area contributed by atoms with Crippen LogP contribution < -0.4 is 0 Å². The van der Waals surface area contributed by atoms with E-state index in [2.05, 4.69) is 0 Å². The van der Waals surface area contributed by atoms with Crippen LogP contribution >= 0.6 is 11.8 Å². The Morgan fingerprint density at radius 2 is 2.00 bits per heavy atom. The second-order valence-electron chi connectivity index (χ2n) is 4.78. The maximum Gasteiger partial charge on any atom is 0.282 e. The van der Waals surface area contributed by atoms with Crippen LogP contribution in [0, 0.1) is 24.0 Å². The van der Waals surface area contributed by atoms with Crippen LogP contribution in [-0.2, 0) is 7.05 Å². The molecule has 2 rings (SSSR count). The summed E-state index contributed by atoms with van der Waals surface area (Å²) in [6.45, 7) is 3.84. The van der Waals surface area contributed by atoms with E-state index < -0.39 is 4.92 Å². The number of hydrogen-bond donors (Lipinski definition) is 0. The molecule has 5 nitrogen and oxygen atoms in total. The predicted octanol–water partition coefficient (Wildman–Crippen LogP) is 3.53. The average Bonchev–Trinajstić information content (AvgIpc) is 2.72. The van der Waals surface area contributed by atoms with Gasteiger partial charge in [0, 0.05) is 30.1 Å². The van der Waals surface area contributed by atoms with Gasteiger partial charge in [-0.25, -0.2) is 0 Å². The van der Waals surface area contributed by atoms with E-state index in [9.17, 15) is 14.9 Å². The number of hydrogen-bond acceptors (Lipinski definition) is 4. The number of nitro benzene ring substituents is 1. The smallest absolute Gasteiger partial charge is 0.282 e. The fourth-order valence-corrected chi connectivity index (χ4v) is 3.00. The van der Waals surface area contributed by atoms with Crippen molar-refractivity contribution in [2.45, 2.75) is 18.7 Å². The lowest BCUT2D eigenvalue weighted by Crippen LogP contribution is -2.05. The second-order valence-corrected chi connectivity index (χ2v) is 5.80. The normalized spacial score (nSPS) is 10.6. The van der Waals surface area contributed by atoms with Crippen LogP contribution in [-0.4, -0.2) is 21.0 Å². The van der Waals surface area contributed by atoms with Crippen molar-refractivity contribution < 1.29 is 9.72 Å². The summed E-state index contributed by atoms with van der Waals surface area (Å²) in [6, 6.07) is 8.33. The zero-order chi connectivity index (χ0) is 15.6. The van der Waals surface area contributed by atoms with E-state index in [4.69, 9.17) is 0 Å². The van der Waals surface area contributed by atoms with Gasteiger partial charge in [-0.2, -0.15) is 0 Å². The molecular weight excluding hydrogens is 288 g/mol. The summed E-state index contributed by atoms with van der Waals surface area (Å²) in [4.78, 5) is 23.3. The van der Waals surface area contributed by atoms with Crippen LogP contribution in [0.4, 0.5) is 5.69 Å². The van der Waals surface area contributed by atoms with Crippen molar-refractivity contribution in [3.05, 3.63) is 57.4 Å². The minimum absolute atomic E-state index is 0.0145. The van der Waals surface area contributed by atoms with Crippen molar-refractivity contribution in [3.63, 3.8) is 0 Å². The zero-order valence-electron chi connectivity index (χ0n) is 12.1. The van der Waals surface area contributed by atoms with Gasteiger partial charge in [0.25, 0.3) is 5.69 Å². The van der Waals surface area contributed by atoms with E-state index in [1.165, 1.54) is 17.8 Å². The number of ketones is 1. The van der Waals surface area contributed by atoms with E-state index in [1.54, 1.807) is 18.2 Å². The number of carbonyl (C=O) groups is 1. The molecular formula is C15H16N2O3S. The molecule has 0 atom stereocenters. The molecule has 1 aromatic carbocycles. The van der Waals surface area contributed by atoms with Gasteiger partial charge in [0.05, 0.1) is 15.6 Å². The maximum absolute atomic E-state index is 12.3. The van der Waals surface area contributed by atoms with Gasteiger partial charge < -0.3 is 4.57 Å². The number of rotatable bonds is 5. The van der Waals surface area contributed by atoms with Crippen LogP contribution in [0.25, 0.3) is 0 Å². The number of nitrogens with zero attached hydrogens (tertiary/aromatic N) is 2. The lowest BCUT2D eigenvalue weighted by atomic mass is 10.2. The highest BCUT2D eigenvalue weighted by molar-refractivity contribution is 8.00. The van der Waals surface area contributed by atoms with E-state index in [1.807, 2.05) is 31.5 Å². The lowest BCUT2D eigenvalue weighted by Gasteiger charge is -2.03. The Balaban J connectivity index is 2.15. The van der Waals surface area contributed by atoms with E-state index in [-0.39, 0.29) is 17.2 Å². The first kappa shape index (κ1) is 15.3. The van der Waals surface area contributed by atoms with Crippen LogP contribution in [0.2, 0.25) is 0 Å². The Morgan fingerprint density at radius 1 is 1.33 bits per heavy atom. The van der Waals surface area contributed by atoms with Gasteiger partial charge in [0.1, 0.15) is 0 Å². The lowest BCUT2D eigenvalue weighted by molar-refractivity contribution is -0.387. The van der Waals surface area contributed by atoms with Crippen molar-refractivity contribution in [2.75, 3.05) is 5.75 Å². The van der Waals surface area contributed by atoms with Crippen LogP contribution in [0.15, 0.2) is 35.2 Å². The van der Waals surface area contributed by atoms with Crippen molar-refractivity contribution >= 4 is 23.2 Å². The summed E-state index contributed by atoms with van der Waals surface area (Å²) in [5.74, 6) is 0.175. The minimum atomic E-state index is -0.426. The third-order valence-electron chi connectivity index (χ3n) is 3.50. The van der Waals surface area contributed by atoms with Crippen LogP contribution in [0.3, 0.4) is 0 Å². The van der Waals surface area contributed by atoms with Gasteiger partial charge in [-0.05, 0) is 26.0 Å². The number of thioether (sulfide) groups is 1. The molecule has 2 aromatic rings. The Morgan fingerprint density at radius 3 is 2.57 bits per heavy atom. The highest BCUT2D eigenvalue weighted by Crippen LogP contribution is 2.29. The summed E-state index contributed by atoms with van der Waals surface area (Å²) in [5, 5.41) is 10.9. The topological polar surface area (TPSA) is 65.1 Å². The SMILES string of the molecule is Cc1cc(C(=O)CSc2ccccc2[N+](=O)[O-])c(C)n1C. The van der Waals surface area contributed by atoms with Gasteiger partial charge >= 0.3 is 0 Å².